The topological polar surface area (TPSA) is 41.5 Å². The molecule has 7 heteroatoms. The van der Waals surface area contributed by atoms with Gasteiger partial charge in [0.05, 0.1) is 16.8 Å². The monoisotopic (exact) mass is 384 g/mol. The van der Waals surface area contributed by atoms with Gasteiger partial charge in [-0.2, -0.15) is 18.3 Å². The van der Waals surface area contributed by atoms with Crippen LogP contribution in [0.4, 0.5) is 13.2 Å². The quantitative estimate of drug-likeness (QED) is 0.608. The number of nitrogens with one attached hydrogen (secondary N) is 1. The van der Waals surface area contributed by atoms with E-state index in [1.54, 1.807) is 24.3 Å². The highest BCUT2D eigenvalue weighted by Crippen LogP contribution is 2.29. The Morgan fingerprint density at radius 3 is 2.48 bits per heavy atom. The predicted octanol–water partition coefficient (Wildman–Crippen LogP) is 4.62. The highest BCUT2D eigenvalue weighted by atomic mass is 79.9. The van der Waals surface area contributed by atoms with Crippen molar-refractivity contribution in [3.05, 3.63) is 69.7 Å². The van der Waals surface area contributed by atoms with Gasteiger partial charge < -0.3 is 0 Å². The number of nitrogens with zero attached hydrogens (tertiary/aromatic N) is 1. The van der Waals surface area contributed by atoms with E-state index < -0.39 is 17.6 Å². The predicted molar refractivity (Wildman–Crippen MR) is 85.3 cm³/mol. The number of benzene rings is 2. The van der Waals surface area contributed by atoms with Gasteiger partial charge in [-0.1, -0.05) is 24.3 Å². The summed E-state index contributed by atoms with van der Waals surface area (Å²) in [6, 6.07) is 11.5. The molecule has 0 fully saturated rings. The Morgan fingerprint density at radius 2 is 1.83 bits per heavy atom. The molecule has 0 atom stereocenters. The lowest BCUT2D eigenvalue weighted by atomic mass is 10.1. The second kappa shape index (κ2) is 6.95. The maximum absolute atomic E-state index is 12.7. The molecule has 0 radical (unpaired) electrons. The van der Waals surface area contributed by atoms with Crippen molar-refractivity contribution >= 4 is 27.5 Å². The second-order valence-corrected chi connectivity index (χ2v) is 5.55. The van der Waals surface area contributed by atoms with E-state index >= 15 is 0 Å². The fourth-order valence-electron chi connectivity index (χ4n) is 1.83. The number of hydrogen-bond donors (Lipinski definition) is 1. The average Bonchev–Trinajstić information content (AvgIpc) is 2.52. The third-order valence-corrected chi connectivity index (χ3v) is 3.74. The van der Waals surface area contributed by atoms with Crippen molar-refractivity contribution in [1.82, 2.24) is 5.43 Å². The lowest BCUT2D eigenvalue weighted by Crippen LogP contribution is -2.20. The minimum atomic E-state index is -4.42. The summed E-state index contributed by atoms with van der Waals surface area (Å²) in [5.41, 5.74) is 2.51. The molecule has 0 unspecified atom stereocenters. The van der Waals surface area contributed by atoms with Crippen LogP contribution in [0.1, 0.15) is 28.4 Å². The molecule has 1 N–H and O–H groups in total. The third kappa shape index (κ3) is 4.41. The van der Waals surface area contributed by atoms with Crippen LogP contribution < -0.4 is 5.43 Å². The molecule has 0 spiro atoms. The lowest BCUT2D eigenvalue weighted by Gasteiger charge is -2.09. The fourth-order valence-corrected chi connectivity index (χ4v) is 2.29. The minimum Gasteiger partial charge on any atom is -0.267 e. The van der Waals surface area contributed by atoms with Gasteiger partial charge in [0.1, 0.15) is 0 Å². The van der Waals surface area contributed by atoms with Crippen LogP contribution in [0, 0.1) is 0 Å². The van der Waals surface area contributed by atoms with Gasteiger partial charge in [0.25, 0.3) is 5.91 Å². The van der Waals surface area contributed by atoms with Crippen molar-refractivity contribution in [2.45, 2.75) is 13.1 Å². The van der Waals surface area contributed by atoms with E-state index in [-0.39, 0.29) is 11.3 Å². The molecule has 1 amide bonds. The number of carbonyl (C=O) groups excluding carboxylic acids is 1. The van der Waals surface area contributed by atoms with Crippen LogP contribution >= 0.6 is 15.9 Å². The van der Waals surface area contributed by atoms with E-state index in [0.29, 0.717) is 10.0 Å². The number of hydrazone groups is 1. The molecular weight excluding hydrogens is 373 g/mol. The second-order valence-electron chi connectivity index (χ2n) is 4.70. The van der Waals surface area contributed by atoms with Crippen LogP contribution in [0.3, 0.4) is 0 Å². The van der Waals surface area contributed by atoms with Gasteiger partial charge in [-0.05, 0) is 52.7 Å². The van der Waals surface area contributed by atoms with E-state index in [0.717, 1.165) is 12.1 Å². The average molecular weight is 385 g/mol. The van der Waals surface area contributed by atoms with E-state index in [2.05, 4.69) is 26.5 Å². The number of alkyl halides is 3. The normalized spacial score (nSPS) is 12.1. The summed E-state index contributed by atoms with van der Waals surface area (Å²) in [5, 5.41) is 3.86. The summed E-state index contributed by atoms with van der Waals surface area (Å²) in [7, 11) is 0. The molecule has 2 aromatic rings. The first-order chi connectivity index (χ1) is 10.8. The Hall–Kier alpha value is -2.15. The van der Waals surface area contributed by atoms with Crippen LogP contribution in [0.15, 0.2) is 58.1 Å². The van der Waals surface area contributed by atoms with Crippen molar-refractivity contribution in [2.75, 3.05) is 0 Å². The molecule has 0 heterocycles. The molecule has 23 heavy (non-hydrogen) atoms. The lowest BCUT2D eigenvalue weighted by molar-refractivity contribution is -0.137. The molecule has 120 valence electrons. The van der Waals surface area contributed by atoms with Gasteiger partial charge in [-0.3, -0.25) is 4.79 Å². The smallest absolute Gasteiger partial charge is 0.267 e. The summed E-state index contributed by atoms with van der Waals surface area (Å²) in [6.07, 6.45) is -4.42. The van der Waals surface area contributed by atoms with Gasteiger partial charge in [-0.15, -0.1) is 0 Å². The molecule has 3 nitrogen and oxygen atoms in total. The minimum absolute atomic E-state index is 0.275. The Bertz CT molecular complexity index is 757. The molecule has 2 aromatic carbocycles. The number of halogens is 4. The van der Waals surface area contributed by atoms with E-state index in [1.165, 1.54) is 19.1 Å². The zero-order valence-corrected chi connectivity index (χ0v) is 13.6. The van der Waals surface area contributed by atoms with Gasteiger partial charge in [-0.25, -0.2) is 5.43 Å². The summed E-state index contributed by atoms with van der Waals surface area (Å²) in [4.78, 5) is 12.0. The zero-order valence-electron chi connectivity index (χ0n) is 12.0. The van der Waals surface area contributed by atoms with Crippen LogP contribution in [-0.4, -0.2) is 11.6 Å². The molecular formula is C16H12BrF3N2O. The molecule has 0 saturated carbocycles. The Kier molecular flexibility index (Phi) is 5.20. The summed E-state index contributed by atoms with van der Waals surface area (Å²) in [5.74, 6) is -0.455. The largest absolute Gasteiger partial charge is 0.416 e. The number of amides is 1. The van der Waals surface area contributed by atoms with Crippen molar-refractivity contribution in [3.8, 4) is 0 Å². The Labute approximate surface area is 139 Å². The van der Waals surface area contributed by atoms with Crippen molar-refractivity contribution in [3.63, 3.8) is 0 Å². The van der Waals surface area contributed by atoms with E-state index in [4.69, 9.17) is 0 Å². The van der Waals surface area contributed by atoms with Crippen LogP contribution in [0.2, 0.25) is 0 Å². The van der Waals surface area contributed by atoms with Crippen LogP contribution in [-0.2, 0) is 6.18 Å². The molecule has 0 bridgehead atoms. The van der Waals surface area contributed by atoms with Crippen LogP contribution in [0.5, 0.6) is 0 Å². The first kappa shape index (κ1) is 17.2. The van der Waals surface area contributed by atoms with E-state index in [1.807, 2.05) is 0 Å². The number of rotatable bonds is 3. The van der Waals surface area contributed by atoms with Gasteiger partial charge >= 0.3 is 6.18 Å². The third-order valence-electron chi connectivity index (χ3n) is 3.05. The van der Waals surface area contributed by atoms with Crippen molar-refractivity contribution < 1.29 is 18.0 Å². The molecule has 0 aliphatic rings. The maximum Gasteiger partial charge on any atom is 0.416 e. The highest BCUT2D eigenvalue weighted by Gasteiger charge is 2.30. The van der Waals surface area contributed by atoms with E-state index in [9.17, 15) is 18.0 Å². The van der Waals surface area contributed by atoms with Gasteiger partial charge in [0, 0.05) is 4.47 Å². The summed E-state index contributed by atoms with van der Waals surface area (Å²) in [6.45, 7) is 1.52. The first-order valence-corrected chi connectivity index (χ1v) is 7.35. The maximum atomic E-state index is 12.7. The Morgan fingerprint density at radius 1 is 1.13 bits per heavy atom. The SMILES string of the molecule is C/C(=N\NC(=O)c1ccccc1Br)c1cccc(C(F)(F)F)c1. The standard InChI is InChI=1S/C16H12BrF3N2O/c1-10(11-5-4-6-12(9-11)16(18,19)20)21-22-15(23)13-7-2-3-8-14(13)17/h2-9H,1H3,(H,22,23)/b21-10+. The summed E-state index contributed by atoms with van der Waals surface area (Å²) >= 11 is 3.25. The van der Waals surface area contributed by atoms with Gasteiger partial charge in [0.2, 0.25) is 0 Å². The fraction of sp³-hybridized carbons (Fsp3) is 0.125. The number of carbonyl (C=O) groups is 1. The molecule has 0 aromatic heterocycles. The first-order valence-electron chi connectivity index (χ1n) is 6.56. The molecule has 0 aliphatic heterocycles. The zero-order chi connectivity index (χ0) is 17.0. The number of hydrogen-bond acceptors (Lipinski definition) is 2. The van der Waals surface area contributed by atoms with Crippen LogP contribution in [0.25, 0.3) is 0 Å². The van der Waals surface area contributed by atoms with Crippen molar-refractivity contribution in [1.29, 1.82) is 0 Å². The van der Waals surface area contributed by atoms with Crippen molar-refractivity contribution in [2.24, 2.45) is 5.10 Å². The molecule has 0 aliphatic carbocycles. The molecule has 0 saturated heterocycles. The molecule has 2 rings (SSSR count). The highest BCUT2D eigenvalue weighted by molar-refractivity contribution is 9.10. The van der Waals surface area contributed by atoms with Gasteiger partial charge in [0.15, 0.2) is 0 Å². The summed E-state index contributed by atoms with van der Waals surface area (Å²) < 4.78 is 38.7. The Balaban J connectivity index is 2.18.